The minimum atomic E-state index is -0.956. The van der Waals surface area contributed by atoms with Crippen LogP contribution >= 0.6 is 0 Å². The largest absolute Gasteiger partial charge is 0.542 e. The van der Waals surface area contributed by atoms with Gasteiger partial charge in [0.1, 0.15) is 0 Å². The first-order chi connectivity index (χ1) is 6.74. The molecule has 2 N–H and O–H groups in total. The van der Waals surface area contributed by atoms with Crippen LogP contribution in [0, 0.1) is 6.08 Å². The van der Waals surface area contributed by atoms with Gasteiger partial charge in [0.15, 0.2) is 0 Å². The first kappa shape index (κ1) is 10.5. The summed E-state index contributed by atoms with van der Waals surface area (Å²) in [7, 11) is 0. The van der Waals surface area contributed by atoms with Crippen molar-refractivity contribution < 1.29 is 14.9 Å². The summed E-state index contributed by atoms with van der Waals surface area (Å²) in [6.45, 7) is 2.09. The van der Waals surface area contributed by atoms with Crippen LogP contribution in [-0.4, -0.2) is 16.8 Å². The molecule has 0 saturated heterocycles. The molecule has 0 saturated carbocycles. The zero-order valence-electron chi connectivity index (χ0n) is 7.97. The second-order valence-electron chi connectivity index (χ2n) is 2.70. The van der Waals surface area contributed by atoms with Crippen molar-refractivity contribution in [1.29, 1.82) is 0 Å². The molecule has 0 aliphatic carbocycles. The lowest BCUT2D eigenvalue weighted by atomic mass is 10.1. The summed E-state index contributed by atoms with van der Waals surface area (Å²) in [5, 5.41) is 18.6. The molecule has 0 aromatic heterocycles. The Labute approximate surface area is 83.3 Å². The third kappa shape index (κ3) is 3.05. The van der Waals surface area contributed by atoms with Crippen molar-refractivity contribution in [2.24, 2.45) is 0 Å². The van der Waals surface area contributed by atoms with E-state index in [2.05, 4.69) is 6.08 Å². The summed E-state index contributed by atoms with van der Waals surface area (Å²) in [4.78, 5) is 0. The van der Waals surface area contributed by atoms with E-state index in [1.807, 2.05) is 6.07 Å². The van der Waals surface area contributed by atoms with Gasteiger partial charge in [0.2, 0.25) is 0 Å². The molecule has 1 unspecified atom stereocenters. The lowest BCUT2D eigenvalue weighted by Crippen LogP contribution is -1.98. The summed E-state index contributed by atoms with van der Waals surface area (Å²) in [6, 6.07) is 8.95. The fraction of sp³-hybridized carbons (Fsp3) is 0.273. The van der Waals surface area contributed by atoms with E-state index in [0.717, 1.165) is 0 Å². The zero-order valence-corrected chi connectivity index (χ0v) is 7.97. The molecule has 0 aliphatic rings. The highest BCUT2D eigenvalue weighted by atomic mass is 16.6. The van der Waals surface area contributed by atoms with E-state index in [-0.39, 0.29) is 5.95 Å². The van der Waals surface area contributed by atoms with E-state index in [9.17, 15) is 5.11 Å². The molecule has 0 fully saturated rings. The van der Waals surface area contributed by atoms with E-state index in [4.69, 9.17) is 9.84 Å². The van der Waals surface area contributed by atoms with Crippen LogP contribution in [-0.2, 0) is 4.74 Å². The van der Waals surface area contributed by atoms with Crippen molar-refractivity contribution in [1.82, 2.24) is 0 Å². The number of ether oxygens (including phenoxy) is 1. The van der Waals surface area contributed by atoms with Crippen LogP contribution in [0.2, 0.25) is 0 Å². The number of aliphatic hydroxyl groups is 2. The van der Waals surface area contributed by atoms with Gasteiger partial charge in [-0.15, -0.1) is 0 Å². The number of benzene rings is 1. The summed E-state index contributed by atoms with van der Waals surface area (Å²) < 4.78 is 4.74. The molecule has 1 atom stereocenters. The maximum absolute atomic E-state index is 9.55. The molecule has 0 aliphatic heterocycles. The maximum atomic E-state index is 9.55. The molecule has 3 heteroatoms. The molecule has 0 bridgehead atoms. The van der Waals surface area contributed by atoms with Gasteiger partial charge in [0.25, 0.3) is 0 Å². The Morgan fingerprint density at radius 3 is 2.64 bits per heavy atom. The average Bonchev–Trinajstić information content (AvgIpc) is 2.19. The quantitative estimate of drug-likeness (QED) is 0.567. The second kappa shape index (κ2) is 5.22. The summed E-state index contributed by atoms with van der Waals surface area (Å²) in [5.41, 5.74) is 0.666. The molecule has 1 aromatic carbocycles. The molecular weight excluding hydrogens is 180 g/mol. The van der Waals surface area contributed by atoms with Crippen molar-refractivity contribution in [3.05, 3.63) is 47.9 Å². The molecule has 3 nitrogen and oxygen atoms in total. The number of hydrogen-bond acceptors (Lipinski definition) is 3. The Balaban J connectivity index is 2.67. The van der Waals surface area contributed by atoms with Crippen LogP contribution in [0.5, 0.6) is 0 Å². The Hall–Kier alpha value is -1.57. The third-order valence-electron chi connectivity index (χ3n) is 1.66. The minimum absolute atomic E-state index is 0.348. The van der Waals surface area contributed by atoms with E-state index >= 15 is 0 Å². The molecule has 0 spiro atoms. The van der Waals surface area contributed by atoms with Gasteiger partial charge in [-0.25, -0.2) is 0 Å². The van der Waals surface area contributed by atoms with Crippen LogP contribution < -0.4 is 0 Å². The normalized spacial score (nSPS) is 13.1. The summed E-state index contributed by atoms with van der Waals surface area (Å²) in [6.07, 6.45) is 1.45. The summed E-state index contributed by atoms with van der Waals surface area (Å²) >= 11 is 0. The van der Waals surface area contributed by atoms with Gasteiger partial charge in [-0.1, -0.05) is 30.3 Å². The van der Waals surface area contributed by atoms with Gasteiger partial charge in [0.05, 0.1) is 6.61 Å². The SMILES string of the molecule is CCOC(O)=[C+]C(O)c1ccccc1. The highest BCUT2D eigenvalue weighted by molar-refractivity contribution is 5.19. The molecule has 0 heterocycles. The summed E-state index contributed by atoms with van der Waals surface area (Å²) in [5.74, 6) is -0.371. The van der Waals surface area contributed by atoms with Crippen LogP contribution in [0.3, 0.4) is 0 Å². The van der Waals surface area contributed by atoms with E-state index < -0.39 is 6.10 Å². The van der Waals surface area contributed by atoms with E-state index in [1.165, 1.54) is 0 Å². The van der Waals surface area contributed by atoms with Gasteiger partial charge in [-0.05, 0) is 6.92 Å². The average molecular weight is 193 g/mol. The molecule has 0 radical (unpaired) electrons. The molecule has 0 amide bonds. The Morgan fingerprint density at radius 1 is 1.43 bits per heavy atom. The molecule has 74 valence electrons. The van der Waals surface area contributed by atoms with Crippen molar-refractivity contribution in [3.63, 3.8) is 0 Å². The highest BCUT2D eigenvalue weighted by Gasteiger charge is 2.21. The first-order valence-corrected chi connectivity index (χ1v) is 4.42. The van der Waals surface area contributed by atoms with Crippen LogP contribution in [0.1, 0.15) is 18.6 Å². The smallest absolute Gasteiger partial charge is 0.440 e. The standard InChI is InChI=1S/C11H12O3/c1-2-14-11(13)8-10(12)9-6-4-3-5-7-9/h3-7,10,12H,2H2,1H3/p+1. The van der Waals surface area contributed by atoms with Gasteiger partial charge in [-0.2, -0.15) is 0 Å². The molecule has 1 rings (SSSR count). The Bertz CT molecular complexity index is 293. The topological polar surface area (TPSA) is 49.7 Å². The van der Waals surface area contributed by atoms with Gasteiger partial charge in [0, 0.05) is 5.56 Å². The molecule has 1 aromatic rings. The fourth-order valence-corrected chi connectivity index (χ4v) is 1.01. The van der Waals surface area contributed by atoms with E-state index in [1.54, 1.807) is 31.2 Å². The third-order valence-corrected chi connectivity index (χ3v) is 1.66. The highest BCUT2D eigenvalue weighted by Crippen LogP contribution is 2.13. The number of aliphatic hydroxyl groups excluding tert-OH is 2. The molecular formula is C11H13O3+. The first-order valence-electron chi connectivity index (χ1n) is 4.42. The maximum Gasteiger partial charge on any atom is 0.542 e. The van der Waals surface area contributed by atoms with Crippen molar-refractivity contribution in [2.75, 3.05) is 6.61 Å². The lowest BCUT2D eigenvalue weighted by Gasteiger charge is -1.95. The predicted molar refractivity (Wildman–Crippen MR) is 52.4 cm³/mol. The predicted octanol–water partition coefficient (Wildman–Crippen LogP) is 1.96. The van der Waals surface area contributed by atoms with Crippen LogP contribution in [0.25, 0.3) is 0 Å². The minimum Gasteiger partial charge on any atom is -0.440 e. The Morgan fingerprint density at radius 2 is 2.07 bits per heavy atom. The Kier molecular flexibility index (Phi) is 3.92. The zero-order chi connectivity index (χ0) is 10.4. The van der Waals surface area contributed by atoms with Gasteiger partial charge >= 0.3 is 18.1 Å². The number of hydrogen-bond donors (Lipinski definition) is 2. The molecule has 14 heavy (non-hydrogen) atoms. The second-order valence-corrected chi connectivity index (χ2v) is 2.70. The lowest BCUT2D eigenvalue weighted by molar-refractivity contribution is 0.0885. The fourth-order valence-electron chi connectivity index (χ4n) is 1.01. The number of rotatable bonds is 4. The van der Waals surface area contributed by atoms with Crippen LogP contribution in [0.4, 0.5) is 0 Å². The van der Waals surface area contributed by atoms with Crippen molar-refractivity contribution >= 4 is 0 Å². The van der Waals surface area contributed by atoms with Gasteiger partial charge < -0.3 is 14.9 Å². The monoisotopic (exact) mass is 193 g/mol. The van der Waals surface area contributed by atoms with Crippen molar-refractivity contribution in [2.45, 2.75) is 13.0 Å². The van der Waals surface area contributed by atoms with E-state index in [0.29, 0.717) is 12.2 Å². The van der Waals surface area contributed by atoms with Crippen LogP contribution in [0.15, 0.2) is 36.3 Å². The van der Waals surface area contributed by atoms with Crippen molar-refractivity contribution in [3.8, 4) is 0 Å². The van der Waals surface area contributed by atoms with Gasteiger partial charge in [-0.3, -0.25) is 0 Å².